The fourth-order valence-electron chi connectivity index (χ4n) is 0.332. The Hall–Kier alpha value is -0.880. The van der Waals surface area contributed by atoms with E-state index in [-0.39, 0.29) is 5.89 Å². The Bertz CT molecular complexity index is 223. The summed E-state index contributed by atoms with van der Waals surface area (Å²) in [4.78, 5) is 3.69. The Morgan fingerprint density at radius 1 is 1.88 bits per heavy atom. The van der Waals surface area contributed by atoms with E-state index in [0.717, 1.165) is 0 Å². The third-order valence-corrected chi connectivity index (χ3v) is 0.821. The number of thiol groups is 1. The Kier molecular flexibility index (Phi) is 1.27. The normalized spacial score (nSPS) is 8.50. The van der Waals surface area contributed by atoms with Crippen LogP contribution in [0.5, 0.6) is 0 Å². The summed E-state index contributed by atoms with van der Waals surface area (Å²) in [5.41, 5.74) is 0. The molecule has 3 heteroatoms. The van der Waals surface area contributed by atoms with Gasteiger partial charge in [0.25, 0.3) is 5.89 Å². The maximum Gasteiger partial charge on any atom is 0.273 e. The Labute approximate surface area is 52.3 Å². The van der Waals surface area contributed by atoms with Gasteiger partial charge in [0.15, 0.2) is 0 Å². The van der Waals surface area contributed by atoms with E-state index in [2.05, 4.69) is 28.0 Å². The molecule has 0 aliphatic heterocycles. The Balaban J connectivity index is 3.05. The summed E-state index contributed by atoms with van der Waals surface area (Å²) >= 11 is 3.86. The summed E-state index contributed by atoms with van der Waals surface area (Å²) in [5, 5.41) is 0.512. The van der Waals surface area contributed by atoms with Gasteiger partial charge in [0.1, 0.15) is 11.3 Å². The molecule has 0 spiro atoms. The summed E-state index contributed by atoms with van der Waals surface area (Å²) in [6.07, 6.45) is 6.31. The van der Waals surface area contributed by atoms with Crippen molar-refractivity contribution in [2.24, 2.45) is 0 Å². The highest BCUT2D eigenvalue weighted by Gasteiger charge is 1.92. The molecule has 1 aromatic rings. The molecule has 0 radical (unpaired) electrons. The molecule has 1 aromatic heterocycles. The Morgan fingerprint density at radius 3 is 2.88 bits per heavy atom. The molecule has 0 bridgehead atoms. The average molecular weight is 125 g/mol. The first-order valence-electron chi connectivity index (χ1n) is 1.94. The van der Waals surface area contributed by atoms with Crippen molar-refractivity contribution in [2.75, 3.05) is 0 Å². The van der Waals surface area contributed by atoms with Crippen LogP contribution in [-0.2, 0) is 0 Å². The number of hydrogen-bond acceptors (Lipinski definition) is 3. The minimum Gasteiger partial charge on any atom is -0.437 e. The van der Waals surface area contributed by atoms with Crippen molar-refractivity contribution >= 4 is 12.6 Å². The van der Waals surface area contributed by atoms with Crippen molar-refractivity contribution < 1.29 is 4.42 Å². The predicted molar refractivity (Wildman–Crippen MR) is 31.7 cm³/mol. The summed E-state index contributed by atoms with van der Waals surface area (Å²) in [7, 11) is 0. The number of terminal acetylenes is 1. The molecule has 0 unspecified atom stereocenters. The second kappa shape index (κ2) is 1.93. The average Bonchev–Trinajstić information content (AvgIpc) is 2.14. The SMILES string of the molecule is C#Cc1nc(S)co1. The molecule has 40 valence electrons. The van der Waals surface area contributed by atoms with Crippen LogP contribution in [0.3, 0.4) is 0 Å². The van der Waals surface area contributed by atoms with Gasteiger partial charge in [-0.2, -0.15) is 4.98 Å². The molecule has 2 nitrogen and oxygen atoms in total. The van der Waals surface area contributed by atoms with Crippen LogP contribution < -0.4 is 0 Å². The minimum absolute atomic E-state index is 0.273. The van der Waals surface area contributed by atoms with Crippen molar-refractivity contribution in [1.82, 2.24) is 4.98 Å². The van der Waals surface area contributed by atoms with Gasteiger partial charge in [-0.05, 0) is 5.92 Å². The lowest BCUT2D eigenvalue weighted by atomic mass is 10.7. The van der Waals surface area contributed by atoms with Crippen LogP contribution in [-0.4, -0.2) is 4.98 Å². The lowest BCUT2D eigenvalue weighted by molar-refractivity contribution is 0.541. The van der Waals surface area contributed by atoms with Gasteiger partial charge in [-0.1, -0.05) is 0 Å². The lowest BCUT2D eigenvalue weighted by Gasteiger charge is -1.68. The molecule has 0 aliphatic rings. The van der Waals surface area contributed by atoms with Crippen LogP contribution in [0, 0.1) is 12.3 Å². The van der Waals surface area contributed by atoms with Crippen molar-refractivity contribution in [3.63, 3.8) is 0 Å². The highest BCUT2D eigenvalue weighted by atomic mass is 32.1. The van der Waals surface area contributed by atoms with E-state index in [1.807, 2.05) is 0 Å². The highest BCUT2D eigenvalue weighted by Crippen LogP contribution is 2.02. The predicted octanol–water partition coefficient (Wildman–Crippen LogP) is 0.945. The number of nitrogens with zero attached hydrogens (tertiary/aromatic N) is 1. The second-order valence-corrected chi connectivity index (χ2v) is 1.61. The second-order valence-electron chi connectivity index (χ2n) is 1.16. The smallest absolute Gasteiger partial charge is 0.273 e. The summed E-state index contributed by atoms with van der Waals surface area (Å²) in [6, 6.07) is 0. The molecule has 0 saturated heterocycles. The first kappa shape index (κ1) is 5.26. The summed E-state index contributed by atoms with van der Waals surface area (Å²) < 4.78 is 4.69. The van der Waals surface area contributed by atoms with Gasteiger partial charge >= 0.3 is 0 Å². The Morgan fingerprint density at radius 2 is 2.62 bits per heavy atom. The van der Waals surface area contributed by atoms with Gasteiger partial charge in [-0.15, -0.1) is 19.1 Å². The standard InChI is InChI=1S/C5H3NOS/c1-2-4-6-5(8)3-7-4/h1,3,8H. The first-order valence-corrected chi connectivity index (χ1v) is 2.39. The molecule has 1 heterocycles. The first-order chi connectivity index (χ1) is 3.83. The third-order valence-electron chi connectivity index (χ3n) is 0.616. The van der Waals surface area contributed by atoms with E-state index >= 15 is 0 Å². The molecule has 0 saturated carbocycles. The molecule has 0 N–H and O–H groups in total. The number of oxazole rings is 1. The lowest BCUT2D eigenvalue weighted by Crippen LogP contribution is -1.67. The molecule has 0 atom stereocenters. The molecule has 0 aliphatic carbocycles. The van der Waals surface area contributed by atoms with Crippen LogP contribution in [0.1, 0.15) is 5.89 Å². The quantitative estimate of drug-likeness (QED) is 0.412. The van der Waals surface area contributed by atoms with Gasteiger partial charge in [-0.25, -0.2) is 0 Å². The maximum atomic E-state index is 4.92. The van der Waals surface area contributed by atoms with Crippen molar-refractivity contribution in [3.05, 3.63) is 12.2 Å². The molecular weight excluding hydrogens is 122 g/mol. The number of rotatable bonds is 0. The summed E-state index contributed by atoms with van der Waals surface area (Å²) in [5.74, 6) is 2.49. The largest absolute Gasteiger partial charge is 0.437 e. The molecule has 0 fully saturated rings. The van der Waals surface area contributed by atoms with Gasteiger partial charge in [0.05, 0.1) is 0 Å². The van der Waals surface area contributed by atoms with Crippen LogP contribution in [0.25, 0.3) is 0 Å². The molecule has 0 aromatic carbocycles. The zero-order chi connectivity index (χ0) is 5.98. The van der Waals surface area contributed by atoms with Gasteiger partial charge in [-0.3, -0.25) is 0 Å². The van der Waals surface area contributed by atoms with E-state index in [1.165, 1.54) is 6.26 Å². The van der Waals surface area contributed by atoms with Crippen molar-refractivity contribution in [2.45, 2.75) is 5.03 Å². The topological polar surface area (TPSA) is 26.0 Å². The fourth-order valence-corrected chi connectivity index (χ4v) is 0.475. The van der Waals surface area contributed by atoms with E-state index in [0.29, 0.717) is 5.03 Å². The summed E-state index contributed by atoms with van der Waals surface area (Å²) in [6.45, 7) is 0. The highest BCUT2D eigenvalue weighted by molar-refractivity contribution is 7.80. The van der Waals surface area contributed by atoms with Crippen molar-refractivity contribution in [3.8, 4) is 12.3 Å². The minimum atomic E-state index is 0.273. The van der Waals surface area contributed by atoms with Crippen LogP contribution in [0.4, 0.5) is 0 Å². The van der Waals surface area contributed by atoms with Crippen LogP contribution >= 0.6 is 12.6 Å². The van der Waals surface area contributed by atoms with E-state index in [1.54, 1.807) is 0 Å². The zero-order valence-electron chi connectivity index (χ0n) is 3.96. The monoisotopic (exact) mass is 125 g/mol. The van der Waals surface area contributed by atoms with Gasteiger partial charge in [0, 0.05) is 0 Å². The number of hydrogen-bond donors (Lipinski definition) is 1. The fraction of sp³-hybridized carbons (Fsp3) is 0. The van der Waals surface area contributed by atoms with Gasteiger partial charge < -0.3 is 4.42 Å². The maximum absolute atomic E-state index is 4.92. The van der Waals surface area contributed by atoms with Crippen LogP contribution in [0.2, 0.25) is 0 Å². The molecule has 8 heavy (non-hydrogen) atoms. The van der Waals surface area contributed by atoms with E-state index in [9.17, 15) is 0 Å². The van der Waals surface area contributed by atoms with Crippen LogP contribution in [0.15, 0.2) is 15.7 Å². The molecule has 1 rings (SSSR count). The molecular formula is C5H3NOS. The van der Waals surface area contributed by atoms with E-state index in [4.69, 9.17) is 6.42 Å². The van der Waals surface area contributed by atoms with Crippen molar-refractivity contribution in [1.29, 1.82) is 0 Å². The van der Waals surface area contributed by atoms with E-state index < -0.39 is 0 Å². The molecule has 0 amide bonds. The third kappa shape index (κ3) is 0.849. The number of aromatic nitrogens is 1. The van der Waals surface area contributed by atoms with Gasteiger partial charge in [0.2, 0.25) is 0 Å². The zero-order valence-corrected chi connectivity index (χ0v) is 4.85.